The van der Waals surface area contributed by atoms with E-state index < -0.39 is 40.9 Å². The minimum Gasteiger partial charge on any atom is -0.429 e. The van der Waals surface area contributed by atoms with Crippen LogP contribution in [0.2, 0.25) is 0 Å². The molecule has 0 radical (unpaired) electrons. The van der Waals surface area contributed by atoms with Crippen LogP contribution in [0.15, 0.2) is 54.6 Å². The first kappa shape index (κ1) is 34.0. The molecule has 0 spiro atoms. The van der Waals surface area contributed by atoms with Gasteiger partial charge in [-0.3, -0.25) is 0 Å². The third-order valence-corrected chi connectivity index (χ3v) is 9.43. The molecule has 3 aromatic rings. The van der Waals surface area contributed by atoms with Gasteiger partial charge in [-0.25, -0.2) is 22.0 Å². The summed E-state index contributed by atoms with van der Waals surface area (Å²) in [4.78, 5) is 0. The quantitative estimate of drug-likeness (QED) is 0.117. The molecule has 248 valence electrons. The molecule has 5 rings (SSSR count). The highest BCUT2D eigenvalue weighted by Gasteiger charge is 2.32. The van der Waals surface area contributed by atoms with E-state index >= 15 is 0 Å². The van der Waals surface area contributed by atoms with Crippen LogP contribution in [0.4, 0.5) is 30.7 Å². The number of rotatable bonds is 11. The van der Waals surface area contributed by atoms with Crippen molar-refractivity contribution in [3.05, 3.63) is 94.8 Å². The molecule has 2 unspecified atom stereocenters. The van der Waals surface area contributed by atoms with E-state index in [-0.39, 0.29) is 22.8 Å². The number of hydrogen-bond acceptors (Lipinski definition) is 2. The Hall–Kier alpha value is -3.33. The fourth-order valence-electron chi connectivity index (χ4n) is 6.80. The molecule has 2 atom stereocenters. The lowest BCUT2D eigenvalue weighted by molar-refractivity contribution is -0.131. The second-order valence-corrected chi connectivity index (χ2v) is 12.6. The zero-order valence-electron chi connectivity index (χ0n) is 25.8. The van der Waals surface area contributed by atoms with Crippen molar-refractivity contribution >= 4 is 6.08 Å². The van der Waals surface area contributed by atoms with Crippen LogP contribution >= 0.6 is 0 Å². The molecule has 1 aliphatic carbocycles. The van der Waals surface area contributed by atoms with Gasteiger partial charge in [0.1, 0.15) is 17.4 Å². The Morgan fingerprint density at radius 1 is 0.783 bits per heavy atom. The van der Waals surface area contributed by atoms with Crippen molar-refractivity contribution in [2.45, 2.75) is 83.3 Å². The van der Waals surface area contributed by atoms with Gasteiger partial charge in [0.2, 0.25) is 0 Å². The van der Waals surface area contributed by atoms with Gasteiger partial charge < -0.3 is 9.47 Å². The maximum atomic E-state index is 14.9. The lowest BCUT2D eigenvalue weighted by Gasteiger charge is -2.38. The Kier molecular flexibility index (Phi) is 11.1. The van der Waals surface area contributed by atoms with Gasteiger partial charge in [-0.1, -0.05) is 57.6 Å². The molecule has 0 bridgehead atoms. The Labute approximate surface area is 265 Å². The summed E-state index contributed by atoms with van der Waals surface area (Å²) in [5.41, 5.74) is -0.0886. The Morgan fingerprint density at radius 3 is 2.13 bits per heavy atom. The van der Waals surface area contributed by atoms with Crippen LogP contribution in [0.25, 0.3) is 17.2 Å². The molecule has 46 heavy (non-hydrogen) atoms. The third-order valence-electron chi connectivity index (χ3n) is 9.43. The van der Waals surface area contributed by atoms with Gasteiger partial charge in [0.15, 0.2) is 17.5 Å². The Morgan fingerprint density at radius 2 is 1.50 bits per heavy atom. The molecule has 0 aromatic heterocycles. The second-order valence-electron chi connectivity index (χ2n) is 12.6. The highest BCUT2D eigenvalue weighted by Crippen LogP contribution is 2.42. The molecule has 2 fully saturated rings. The van der Waals surface area contributed by atoms with E-state index in [1.165, 1.54) is 63.5 Å². The molecule has 3 aromatic carbocycles. The average Bonchev–Trinajstić information content (AvgIpc) is 3.03. The second kappa shape index (κ2) is 15.1. The van der Waals surface area contributed by atoms with Crippen molar-refractivity contribution in [3.63, 3.8) is 0 Å². The van der Waals surface area contributed by atoms with Crippen molar-refractivity contribution in [1.29, 1.82) is 0 Å². The summed E-state index contributed by atoms with van der Waals surface area (Å²) in [6.45, 7) is 2.87. The van der Waals surface area contributed by atoms with Crippen LogP contribution in [-0.4, -0.2) is 12.7 Å². The average molecular weight is 649 g/mol. The fraction of sp³-hybridized carbons (Fsp3) is 0.459. The summed E-state index contributed by atoms with van der Waals surface area (Å²) in [7, 11) is 0. The first-order chi connectivity index (χ1) is 22.0. The van der Waals surface area contributed by atoms with E-state index in [0.29, 0.717) is 48.3 Å². The molecule has 1 saturated carbocycles. The van der Waals surface area contributed by atoms with Crippen molar-refractivity contribution in [3.8, 4) is 16.9 Å². The van der Waals surface area contributed by atoms with Crippen LogP contribution in [0, 0.1) is 46.8 Å². The molecule has 1 saturated heterocycles. The fourth-order valence-corrected chi connectivity index (χ4v) is 6.80. The van der Waals surface area contributed by atoms with Crippen LogP contribution in [-0.2, 0) is 4.74 Å². The number of alkyl halides is 2. The predicted molar refractivity (Wildman–Crippen MR) is 164 cm³/mol. The Bertz CT molecular complexity index is 1480. The number of ether oxygens (including phenoxy) is 2. The minimum atomic E-state index is -3.94. The number of benzene rings is 3. The molecule has 0 N–H and O–H groups in total. The standard InChI is InChI=1S/C37H39F7O2/c1-2-3-4-5-23-6-8-24(9-7-23)27-12-15-35(45-22-27)26-11-10-25(31(38)18-26)16-17-37(43,44)46-29-13-14-30(32(39)21-29)28-19-33(40)36(42)34(41)20-28/h10-11,13-14,16-21,23-24,27,35H,2-9,12,15,22H2,1H3. The number of hydrogen-bond donors (Lipinski definition) is 0. The van der Waals surface area contributed by atoms with Gasteiger partial charge in [-0.05, 0) is 91.0 Å². The number of unbranched alkanes of at least 4 members (excludes halogenated alkanes) is 2. The first-order valence-electron chi connectivity index (χ1n) is 16.1. The van der Waals surface area contributed by atoms with E-state index in [2.05, 4.69) is 11.7 Å². The molecular weight excluding hydrogens is 609 g/mol. The van der Waals surface area contributed by atoms with Crippen LogP contribution in [0.3, 0.4) is 0 Å². The minimum absolute atomic E-state index is 0.0849. The van der Waals surface area contributed by atoms with Gasteiger partial charge in [0.25, 0.3) is 0 Å². The molecule has 0 amide bonds. The first-order valence-corrected chi connectivity index (χ1v) is 16.1. The zero-order valence-corrected chi connectivity index (χ0v) is 25.8. The van der Waals surface area contributed by atoms with E-state index in [1.54, 1.807) is 6.07 Å². The largest absolute Gasteiger partial charge is 0.429 e. The SMILES string of the molecule is CCCCCC1CCC(C2CCC(c3ccc(C=CC(F)(F)Oc4ccc(-c5cc(F)c(F)c(F)c5)c(F)c4)c(F)c3)OC2)CC1. The van der Waals surface area contributed by atoms with Crippen molar-refractivity contribution in [2.75, 3.05) is 6.61 Å². The maximum absolute atomic E-state index is 14.9. The summed E-state index contributed by atoms with van der Waals surface area (Å²) < 4.78 is 110. The zero-order chi connectivity index (χ0) is 32.8. The predicted octanol–water partition coefficient (Wildman–Crippen LogP) is 11.6. The molecule has 1 heterocycles. The summed E-state index contributed by atoms with van der Waals surface area (Å²) in [5.74, 6) is -5.10. The van der Waals surface area contributed by atoms with E-state index in [9.17, 15) is 30.7 Å². The lowest BCUT2D eigenvalue weighted by atomic mass is 9.72. The van der Waals surface area contributed by atoms with E-state index in [4.69, 9.17) is 4.74 Å². The molecule has 9 heteroatoms. The van der Waals surface area contributed by atoms with Gasteiger partial charge >= 0.3 is 6.11 Å². The van der Waals surface area contributed by atoms with E-state index in [0.717, 1.165) is 37.0 Å². The van der Waals surface area contributed by atoms with Gasteiger partial charge in [-0.2, -0.15) is 8.78 Å². The van der Waals surface area contributed by atoms with Crippen LogP contribution in [0.5, 0.6) is 5.75 Å². The van der Waals surface area contributed by atoms with Crippen LogP contribution < -0.4 is 4.74 Å². The normalized spacial score (nSPS) is 22.3. The molecular formula is C37H39F7O2. The van der Waals surface area contributed by atoms with Gasteiger partial charge in [0, 0.05) is 23.3 Å². The summed E-state index contributed by atoms with van der Waals surface area (Å²) >= 11 is 0. The third kappa shape index (κ3) is 8.52. The van der Waals surface area contributed by atoms with Crippen molar-refractivity contribution in [1.82, 2.24) is 0 Å². The van der Waals surface area contributed by atoms with Crippen molar-refractivity contribution in [2.24, 2.45) is 17.8 Å². The summed E-state index contributed by atoms with van der Waals surface area (Å²) in [5, 5.41) is 0. The van der Waals surface area contributed by atoms with Crippen molar-refractivity contribution < 1.29 is 40.2 Å². The van der Waals surface area contributed by atoms with Gasteiger partial charge in [-0.15, -0.1) is 0 Å². The lowest BCUT2D eigenvalue weighted by Crippen LogP contribution is -2.29. The Balaban J connectivity index is 1.14. The van der Waals surface area contributed by atoms with E-state index in [1.807, 2.05) is 0 Å². The number of halogens is 7. The maximum Gasteiger partial charge on any atom is 0.419 e. The highest BCUT2D eigenvalue weighted by molar-refractivity contribution is 5.65. The summed E-state index contributed by atoms with van der Waals surface area (Å²) in [6.07, 6.45) is 9.15. The highest BCUT2D eigenvalue weighted by atomic mass is 19.3. The molecule has 2 nitrogen and oxygen atoms in total. The monoisotopic (exact) mass is 648 g/mol. The van der Waals surface area contributed by atoms with Gasteiger partial charge in [0.05, 0.1) is 12.7 Å². The molecule has 2 aliphatic rings. The van der Waals surface area contributed by atoms with Crippen LogP contribution in [0.1, 0.15) is 88.4 Å². The topological polar surface area (TPSA) is 18.5 Å². The summed E-state index contributed by atoms with van der Waals surface area (Å²) in [6, 6.07) is 8.12. The molecule has 1 aliphatic heterocycles. The smallest absolute Gasteiger partial charge is 0.419 e.